The van der Waals surface area contributed by atoms with Crippen LogP contribution in [0.15, 0.2) is 53.3 Å². The molecule has 128 valence electrons. The van der Waals surface area contributed by atoms with Gasteiger partial charge in [-0.25, -0.2) is 0 Å². The zero-order chi connectivity index (χ0) is 17.2. The van der Waals surface area contributed by atoms with Crippen LogP contribution >= 0.6 is 0 Å². The van der Waals surface area contributed by atoms with Gasteiger partial charge in [-0.2, -0.15) is 0 Å². The summed E-state index contributed by atoms with van der Waals surface area (Å²) in [5, 5.41) is 1.34. The molecule has 3 aromatic rings. The van der Waals surface area contributed by atoms with Crippen LogP contribution in [0.2, 0.25) is 0 Å². The number of rotatable bonds is 2. The van der Waals surface area contributed by atoms with Gasteiger partial charge < -0.3 is 9.47 Å². The Morgan fingerprint density at radius 2 is 1.32 bits per heavy atom. The summed E-state index contributed by atoms with van der Waals surface area (Å²) in [5.74, 6) is 0.140. The monoisotopic (exact) mass is 334 g/mol. The molecule has 0 N–H and O–H groups in total. The fourth-order valence-electron chi connectivity index (χ4n) is 3.80. The van der Waals surface area contributed by atoms with Crippen LogP contribution in [-0.2, 0) is 11.3 Å². The molecule has 2 heterocycles. The van der Waals surface area contributed by atoms with Crippen LogP contribution in [0.1, 0.15) is 25.7 Å². The summed E-state index contributed by atoms with van der Waals surface area (Å²) in [5.41, 5.74) is 1.69. The van der Waals surface area contributed by atoms with Crippen molar-refractivity contribution in [2.24, 2.45) is 0 Å². The van der Waals surface area contributed by atoms with E-state index in [1.165, 1.54) is 12.8 Å². The standard InChI is InChI=1S/C21H22N2O2/c24-20(22-13-7-1-2-8-14-22)15-23-18-11-5-3-9-16(18)21(25)17-10-4-6-12-19(17)23/h3-6,9-12H,1-2,7-8,13-15H2. The molecule has 0 radical (unpaired) electrons. The van der Waals surface area contributed by atoms with Gasteiger partial charge in [-0.15, -0.1) is 0 Å². The van der Waals surface area contributed by atoms with E-state index in [0.717, 1.165) is 37.0 Å². The van der Waals surface area contributed by atoms with E-state index in [-0.39, 0.29) is 17.9 Å². The minimum absolute atomic E-state index is 0.0321. The molecule has 1 fully saturated rings. The summed E-state index contributed by atoms with van der Waals surface area (Å²) < 4.78 is 2.00. The minimum atomic E-state index is 0.0321. The van der Waals surface area contributed by atoms with E-state index < -0.39 is 0 Å². The predicted octanol–water partition coefficient (Wildman–Crippen LogP) is 3.56. The molecule has 1 saturated heterocycles. The van der Waals surface area contributed by atoms with Crippen molar-refractivity contribution >= 4 is 27.7 Å². The van der Waals surface area contributed by atoms with Gasteiger partial charge in [0.2, 0.25) is 5.91 Å². The second kappa shape index (κ2) is 6.71. The smallest absolute Gasteiger partial charge is 0.242 e. The number of pyridine rings is 1. The van der Waals surface area contributed by atoms with Gasteiger partial charge in [-0.3, -0.25) is 9.59 Å². The summed E-state index contributed by atoms with van der Waals surface area (Å²) in [6.07, 6.45) is 4.57. The van der Waals surface area contributed by atoms with Gasteiger partial charge in [0.25, 0.3) is 0 Å². The van der Waals surface area contributed by atoms with E-state index in [9.17, 15) is 9.59 Å². The number of benzene rings is 2. The second-order valence-electron chi connectivity index (χ2n) is 6.74. The molecular weight excluding hydrogens is 312 g/mol. The number of nitrogens with zero attached hydrogens (tertiary/aromatic N) is 2. The predicted molar refractivity (Wildman–Crippen MR) is 101 cm³/mol. The molecule has 0 aliphatic carbocycles. The number of hydrogen-bond acceptors (Lipinski definition) is 2. The quantitative estimate of drug-likeness (QED) is 0.673. The first kappa shape index (κ1) is 15.9. The topological polar surface area (TPSA) is 42.3 Å². The lowest BCUT2D eigenvalue weighted by molar-refractivity contribution is -0.131. The maximum atomic E-state index is 12.9. The zero-order valence-electron chi connectivity index (χ0n) is 14.3. The van der Waals surface area contributed by atoms with Gasteiger partial charge in [0, 0.05) is 23.9 Å². The number of fused-ring (bicyclic) bond motifs is 2. The molecule has 1 amide bonds. The molecule has 0 atom stereocenters. The molecule has 4 rings (SSSR count). The van der Waals surface area contributed by atoms with E-state index in [2.05, 4.69) is 0 Å². The highest BCUT2D eigenvalue weighted by Gasteiger charge is 2.18. The fourth-order valence-corrected chi connectivity index (χ4v) is 3.80. The molecule has 0 unspecified atom stereocenters. The third-order valence-corrected chi connectivity index (χ3v) is 5.13. The number of carbonyl (C=O) groups excluding carboxylic acids is 1. The van der Waals surface area contributed by atoms with E-state index in [0.29, 0.717) is 10.8 Å². The molecule has 25 heavy (non-hydrogen) atoms. The summed E-state index contributed by atoms with van der Waals surface area (Å²) in [6.45, 7) is 1.96. The van der Waals surface area contributed by atoms with Gasteiger partial charge in [0.1, 0.15) is 6.54 Å². The Bertz CT molecular complexity index is 922. The SMILES string of the molecule is O=C(Cn1c2ccccc2c(=O)c2ccccc21)N1CCCCCC1. The Morgan fingerprint density at radius 3 is 1.88 bits per heavy atom. The minimum Gasteiger partial charge on any atom is -0.341 e. The van der Waals surface area contributed by atoms with E-state index in [4.69, 9.17) is 0 Å². The Balaban J connectivity index is 1.83. The number of likely N-dealkylation sites (tertiary alicyclic amines) is 1. The van der Waals surface area contributed by atoms with E-state index in [1.54, 1.807) is 0 Å². The molecule has 0 spiro atoms. The maximum Gasteiger partial charge on any atom is 0.242 e. The van der Waals surface area contributed by atoms with Crippen LogP contribution in [0.25, 0.3) is 21.8 Å². The van der Waals surface area contributed by atoms with Crippen molar-refractivity contribution in [2.75, 3.05) is 13.1 Å². The Kier molecular flexibility index (Phi) is 4.26. The summed E-state index contributed by atoms with van der Waals surface area (Å²) in [4.78, 5) is 27.7. The average Bonchev–Trinajstić information content (AvgIpc) is 2.94. The molecule has 1 aliphatic rings. The molecule has 0 saturated carbocycles. The van der Waals surface area contributed by atoms with Crippen LogP contribution in [0.5, 0.6) is 0 Å². The largest absolute Gasteiger partial charge is 0.341 e. The molecule has 0 bridgehead atoms. The van der Waals surface area contributed by atoms with Crippen LogP contribution < -0.4 is 5.43 Å². The number of aromatic nitrogens is 1. The summed E-state index contributed by atoms with van der Waals surface area (Å²) >= 11 is 0. The lowest BCUT2D eigenvalue weighted by Crippen LogP contribution is -2.35. The molecule has 4 nitrogen and oxygen atoms in total. The first-order chi connectivity index (χ1) is 12.3. The van der Waals surface area contributed by atoms with Gasteiger partial charge in [-0.1, -0.05) is 37.1 Å². The molecule has 1 aromatic heterocycles. The van der Waals surface area contributed by atoms with Crippen LogP contribution in [0.4, 0.5) is 0 Å². The highest BCUT2D eigenvalue weighted by Crippen LogP contribution is 2.20. The molecular formula is C21H22N2O2. The maximum absolute atomic E-state index is 12.9. The Labute approximate surface area is 146 Å². The summed E-state index contributed by atoms with van der Waals surface area (Å²) in [6, 6.07) is 15.1. The lowest BCUT2D eigenvalue weighted by atomic mass is 10.1. The van der Waals surface area contributed by atoms with Crippen molar-refractivity contribution in [3.8, 4) is 0 Å². The molecule has 2 aromatic carbocycles. The zero-order valence-corrected chi connectivity index (χ0v) is 14.3. The van der Waals surface area contributed by atoms with Gasteiger partial charge in [-0.05, 0) is 37.1 Å². The molecule has 1 aliphatic heterocycles. The van der Waals surface area contributed by atoms with Crippen molar-refractivity contribution in [1.29, 1.82) is 0 Å². The van der Waals surface area contributed by atoms with Gasteiger partial charge in [0.05, 0.1) is 11.0 Å². The van der Waals surface area contributed by atoms with E-state index >= 15 is 0 Å². The van der Waals surface area contributed by atoms with Gasteiger partial charge in [0.15, 0.2) is 5.43 Å². The first-order valence-electron chi connectivity index (χ1n) is 9.04. The van der Waals surface area contributed by atoms with Crippen molar-refractivity contribution in [2.45, 2.75) is 32.2 Å². The fraction of sp³-hybridized carbons (Fsp3) is 0.333. The second-order valence-corrected chi connectivity index (χ2v) is 6.74. The van der Waals surface area contributed by atoms with Crippen LogP contribution in [-0.4, -0.2) is 28.5 Å². The van der Waals surface area contributed by atoms with Crippen molar-refractivity contribution < 1.29 is 4.79 Å². The number of amides is 1. The third kappa shape index (κ3) is 2.93. The summed E-state index contributed by atoms with van der Waals surface area (Å²) in [7, 11) is 0. The number of carbonyl (C=O) groups is 1. The van der Waals surface area contributed by atoms with E-state index in [1.807, 2.05) is 58.0 Å². The highest BCUT2D eigenvalue weighted by atomic mass is 16.2. The van der Waals surface area contributed by atoms with Crippen molar-refractivity contribution in [3.05, 3.63) is 58.8 Å². The van der Waals surface area contributed by atoms with Crippen LogP contribution in [0, 0.1) is 0 Å². The number of para-hydroxylation sites is 2. The average molecular weight is 334 g/mol. The normalized spacial score (nSPS) is 15.4. The van der Waals surface area contributed by atoms with Gasteiger partial charge >= 0.3 is 0 Å². The van der Waals surface area contributed by atoms with Crippen LogP contribution in [0.3, 0.4) is 0 Å². The highest BCUT2D eigenvalue weighted by molar-refractivity contribution is 5.94. The van der Waals surface area contributed by atoms with Crippen molar-refractivity contribution in [1.82, 2.24) is 9.47 Å². The number of hydrogen-bond donors (Lipinski definition) is 0. The Morgan fingerprint density at radius 1 is 0.800 bits per heavy atom. The molecule has 4 heteroatoms. The third-order valence-electron chi connectivity index (χ3n) is 5.13. The lowest BCUT2D eigenvalue weighted by Gasteiger charge is -2.22. The Hall–Kier alpha value is -2.62. The first-order valence-corrected chi connectivity index (χ1v) is 9.04. The van der Waals surface area contributed by atoms with Crippen molar-refractivity contribution in [3.63, 3.8) is 0 Å².